The molecular weight excluding hydrogens is 259 g/mol. The maximum Gasteiger partial charge on any atom is 0 e. The Morgan fingerprint density at radius 2 is 1.73 bits per heavy atom. The summed E-state index contributed by atoms with van der Waals surface area (Å²) in [4.78, 5) is 0. The normalized spacial score (nSPS) is 13.3. The van der Waals surface area contributed by atoms with Gasteiger partial charge in [-0.05, 0) is 5.39 Å². The number of rotatable bonds is 0. The van der Waals surface area contributed by atoms with E-state index in [-0.39, 0.29) is 26.2 Å². The van der Waals surface area contributed by atoms with Crippen LogP contribution in [0.3, 0.4) is 0 Å². The predicted octanol–water partition coefficient (Wildman–Crippen LogP) is 3.49. The maximum atomic E-state index is 3.41. The van der Waals surface area contributed by atoms with Gasteiger partial charge in [0.25, 0.3) is 0 Å². The number of fused-ring (bicyclic) bond motifs is 2. The topological polar surface area (TPSA) is 0 Å². The molecule has 2 aromatic carbocycles. The Kier molecular flexibility index (Phi) is 2.93. The van der Waals surface area contributed by atoms with Gasteiger partial charge >= 0.3 is 0 Å². The molecule has 0 N–H and O–H groups in total. The third-order valence-corrected chi connectivity index (χ3v) is 2.78. The summed E-state index contributed by atoms with van der Waals surface area (Å²) >= 11 is 0. The van der Waals surface area contributed by atoms with Crippen LogP contribution >= 0.6 is 0 Å². The molecule has 1 aliphatic carbocycles. The number of hydrogen-bond acceptors (Lipinski definition) is 0. The first-order valence-corrected chi connectivity index (χ1v) is 4.94. The fourth-order valence-corrected chi connectivity index (χ4v) is 2.11. The van der Waals surface area contributed by atoms with Crippen molar-refractivity contribution in [3.8, 4) is 0 Å². The molecule has 0 aromatic heterocycles. The van der Waals surface area contributed by atoms with Gasteiger partial charge in [-0.1, -0.05) is 43.0 Å². The smallest absolute Gasteiger partial charge is 0 e. The second-order valence-electron chi connectivity index (χ2n) is 3.94. The third-order valence-electron chi connectivity index (χ3n) is 2.78. The van der Waals surface area contributed by atoms with Crippen LogP contribution in [0.5, 0.6) is 0 Å². The summed E-state index contributed by atoms with van der Waals surface area (Å²) in [7, 11) is 0. The third kappa shape index (κ3) is 1.86. The van der Waals surface area contributed by atoms with E-state index in [1.54, 1.807) is 0 Å². The van der Waals surface area contributed by atoms with Crippen LogP contribution in [0.1, 0.15) is 18.1 Å². The zero-order valence-electron chi connectivity index (χ0n) is 8.67. The van der Waals surface area contributed by atoms with Crippen molar-refractivity contribution in [3.63, 3.8) is 0 Å². The van der Waals surface area contributed by atoms with E-state index < -0.39 is 0 Å². The fourth-order valence-electron chi connectivity index (χ4n) is 2.11. The number of hydrogen-bond donors (Lipinski definition) is 0. The minimum absolute atomic E-state index is 0. The fraction of sp³-hybridized carbons (Fsp3) is 0.143. The summed E-state index contributed by atoms with van der Waals surface area (Å²) in [5.74, 6) is 0. The molecule has 2 aromatic rings. The largest absolute Gasteiger partial charge is 0.189 e. The van der Waals surface area contributed by atoms with E-state index in [4.69, 9.17) is 0 Å². The molecule has 0 aliphatic heterocycles. The molecule has 0 amide bonds. The van der Waals surface area contributed by atoms with Gasteiger partial charge in [0.05, 0.1) is 0 Å². The molecule has 0 saturated carbocycles. The van der Waals surface area contributed by atoms with Crippen LogP contribution in [0, 0.1) is 6.08 Å². The first-order chi connectivity index (χ1) is 6.83. The molecular formula is C14H11Zr-. The van der Waals surface area contributed by atoms with Crippen LogP contribution in [0.2, 0.25) is 0 Å². The van der Waals surface area contributed by atoms with E-state index in [1.165, 1.54) is 27.5 Å². The monoisotopic (exact) mass is 269 g/mol. The Bertz CT molecular complexity index is 538. The average Bonchev–Trinajstić information content (AvgIpc) is 2.53. The van der Waals surface area contributed by atoms with E-state index in [0.717, 1.165) is 6.42 Å². The van der Waals surface area contributed by atoms with Crippen LogP contribution in [-0.4, -0.2) is 0 Å². The molecule has 0 saturated heterocycles. The summed E-state index contributed by atoms with van der Waals surface area (Å²) < 4.78 is 0. The van der Waals surface area contributed by atoms with Gasteiger partial charge in [0, 0.05) is 26.2 Å². The molecule has 0 atom stereocenters. The van der Waals surface area contributed by atoms with Crippen LogP contribution in [0.4, 0.5) is 0 Å². The summed E-state index contributed by atoms with van der Waals surface area (Å²) in [5.41, 5.74) is 4.04. The van der Waals surface area contributed by atoms with Gasteiger partial charge in [-0.25, -0.2) is 0 Å². The molecule has 0 bridgehead atoms. The molecule has 1 aliphatic rings. The van der Waals surface area contributed by atoms with Crippen LogP contribution in [-0.2, 0) is 32.6 Å². The van der Waals surface area contributed by atoms with Crippen LogP contribution < -0.4 is 0 Å². The molecule has 15 heavy (non-hydrogen) atoms. The molecule has 3 rings (SSSR count). The quantitative estimate of drug-likeness (QED) is 0.643. The summed E-state index contributed by atoms with van der Waals surface area (Å²) in [6.07, 6.45) is 4.48. The molecule has 0 unspecified atom stereocenters. The van der Waals surface area contributed by atoms with E-state index in [1.807, 2.05) is 0 Å². The van der Waals surface area contributed by atoms with Crippen molar-refractivity contribution in [2.45, 2.75) is 13.3 Å². The summed E-state index contributed by atoms with van der Waals surface area (Å²) in [5, 5.41) is 2.65. The molecule has 72 valence electrons. The Morgan fingerprint density at radius 3 is 2.47 bits per heavy atom. The van der Waals surface area contributed by atoms with Crippen molar-refractivity contribution in [1.29, 1.82) is 0 Å². The standard InChI is InChI=1S/C14H11.Zr/c1-10-6-13-8-11-4-2-3-5-12(11)9-14(13)7-10;/h2-5,8-9H,6H2,1H3;/q-1;. The Hall–Kier alpha value is -0.677. The van der Waals surface area contributed by atoms with E-state index in [2.05, 4.69) is 49.4 Å². The van der Waals surface area contributed by atoms with Gasteiger partial charge in [-0.2, -0.15) is 17.7 Å². The van der Waals surface area contributed by atoms with Gasteiger partial charge in [0.1, 0.15) is 0 Å². The van der Waals surface area contributed by atoms with Crippen LogP contribution in [0.15, 0.2) is 42.0 Å². The first-order valence-electron chi connectivity index (χ1n) is 4.94. The summed E-state index contributed by atoms with van der Waals surface area (Å²) in [6, 6.07) is 13.0. The Balaban J connectivity index is 0.000000853. The zero-order chi connectivity index (χ0) is 9.54. The molecule has 1 heteroatoms. The number of allylic oxidation sites excluding steroid dienone is 1. The van der Waals surface area contributed by atoms with Crippen molar-refractivity contribution < 1.29 is 26.2 Å². The van der Waals surface area contributed by atoms with Crippen molar-refractivity contribution in [3.05, 3.63) is 59.2 Å². The minimum atomic E-state index is 0. The molecule has 0 fully saturated rings. The van der Waals surface area contributed by atoms with Gasteiger partial charge in [-0.3, -0.25) is 0 Å². The second kappa shape index (κ2) is 4.06. The van der Waals surface area contributed by atoms with Crippen molar-refractivity contribution in [2.75, 3.05) is 0 Å². The van der Waals surface area contributed by atoms with E-state index >= 15 is 0 Å². The van der Waals surface area contributed by atoms with E-state index in [9.17, 15) is 0 Å². The van der Waals surface area contributed by atoms with Gasteiger partial charge in [0.15, 0.2) is 0 Å². The second-order valence-corrected chi connectivity index (χ2v) is 3.94. The molecule has 0 radical (unpaired) electrons. The van der Waals surface area contributed by atoms with Crippen molar-refractivity contribution in [1.82, 2.24) is 0 Å². The van der Waals surface area contributed by atoms with Gasteiger partial charge < -0.3 is 0 Å². The SMILES string of the molecule is CC1=[C-]c2cc3ccccc3cc2C1.[Zr]. The van der Waals surface area contributed by atoms with Crippen molar-refractivity contribution >= 4 is 10.8 Å². The first kappa shape index (κ1) is 10.8. The zero-order valence-corrected chi connectivity index (χ0v) is 11.1. The summed E-state index contributed by atoms with van der Waals surface area (Å²) in [6.45, 7) is 2.14. The predicted molar refractivity (Wildman–Crippen MR) is 59.2 cm³/mol. The minimum Gasteiger partial charge on any atom is -0.189 e. The Labute approximate surface area is 109 Å². The van der Waals surface area contributed by atoms with E-state index in [0.29, 0.717) is 0 Å². The number of benzene rings is 2. The van der Waals surface area contributed by atoms with Crippen molar-refractivity contribution in [2.24, 2.45) is 0 Å². The molecule has 0 nitrogen and oxygen atoms in total. The van der Waals surface area contributed by atoms with Gasteiger partial charge in [0.2, 0.25) is 0 Å². The average molecular weight is 270 g/mol. The molecule has 0 spiro atoms. The molecule has 0 heterocycles. The van der Waals surface area contributed by atoms with Gasteiger partial charge in [-0.15, -0.1) is 17.2 Å². The maximum absolute atomic E-state index is 3.41. The van der Waals surface area contributed by atoms with Crippen LogP contribution in [0.25, 0.3) is 10.8 Å². The Morgan fingerprint density at radius 1 is 1.07 bits per heavy atom.